The monoisotopic (exact) mass is 267 g/mol. The maximum absolute atomic E-state index is 11.5. The number of nitrogens with one attached hydrogen (secondary N) is 1. The van der Waals surface area contributed by atoms with E-state index in [0.717, 1.165) is 19.3 Å². The molecule has 0 bridgehead atoms. The summed E-state index contributed by atoms with van der Waals surface area (Å²) >= 11 is 0. The van der Waals surface area contributed by atoms with Crippen LogP contribution in [0.5, 0.6) is 0 Å². The van der Waals surface area contributed by atoms with Crippen molar-refractivity contribution in [1.29, 1.82) is 0 Å². The fourth-order valence-electron chi connectivity index (χ4n) is 2.72. The fourth-order valence-corrected chi connectivity index (χ4v) is 4.60. The third-order valence-electron chi connectivity index (χ3n) is 3.79. The molecule has 1 aliphatic rings. The Morgan fingerprint density at radius 3 is 2.61 bits per heavy atom. The molecular formula is C14H21NO2S. The molecule has 18 heavy (non-hydrogen) atoms. The third kappa shape index (κ3) is 3.56. The summed E-state index contributed by atoms with van der Waals surface area (Å²) in [5.41, 5.74) is 1.32. The van der Waals surface area contributed by atoms with Crippen LogP contribution in [0, 0.1) is 5.92 Å². The minimum Gasteiger partial charge on any atom is -0.317 e. The number of rotatable bonds is 5. The molecule has 0 saturated carbocycles. The summed E-state index contributed by atoms with van der Waals surface area (Å²) in [5, 5.41) is 3.29. The van der Waals surface area contributed by atoms with Crippen LogP contribution in [0.25, 0.3) is 0 Å². The van der Waals surface area contributed by atoms with Crippen LogP contribution in [-0.4, -0.2) is 33.0 Å². The lowest BCUT2D eigenvalue weighted by atomic mass is 9.93. The highest BCUT2D eigenvalue weighted by atomic mass is 32.2. The van der Waals surface area contributed by atoms with Gasteiger partial charge < -0.3 is 5.32 Å². The molecule has 2 unspecified atom stereocenters. The van der Waals surface area contributed by atoms with Crippen molar-refractivity contribution in [2.24, 2.45) is 5.92 Å². The molecule has 2 atom stereocenters. The van der Waals surface area contributed by atoms with Gasteiger partial charge in [-0.1, -0.05) is 30.3 Å². The molecule has 1 N–H and O–H groups in total. The van der Waals surface area contributed by atoms with Crippen LogP contribution in [-0.2, 0) is 16.3 Å². The molecule has 0 spiro atoms. The first-order valence-electron chi connectivity index (χ1n) is 6.52. The SMILES string of the molecule is CNC(CCc1ccccc1)C1CCS(=O)(=O)C1. The van der Waals surface area contributed by atoms with Crippen LogP contribution in [0.2, 0.25) is 0 Å². The molecule has 0 aromatic heterocycles. The van der Waals surface area contributed by atoms with Crippen molar-refractivity contribution in [2.75, 3.05) is 18.6 Å². The van der Waals surface area contributed by atoms with Crippen molar-refractivity contribution < 1.29 is 8.42 Å². The molecule has 1 aromatic rings. The van der Waals surface area contributed by atoms with Crippen LogP contribution >= 0.6 is 0 Å². The van der Waals surface area contributed by atoms with Crippen molar-refractivity contribution in [1.82, 2.24) is 5.32 Å². The van der Waals surface area contributed by atoms with Crippen molar-refractivity contribution in [3.8, 4) is 0 Å². The number of hydrogen-bond acceptors (Lipinski definition) is 3. The average Bonchev–Trinajstić information content (AvgIpc) is 2.72. The number of aryl methyl sites for hydroxylation is 1. The predicted molar refractivity (Wildman–Crippen MR) is 74.4 cm³/mol. The fraction of sp³-hybridized carbons (Fsp3) is 0.571. The first kappa shape index (κ1) is 13.6. The Bertz CT molecular complexity index is 470. The lowest BCUT2D eigenvalue weighted by Crippen LogP contribution is -2.34. The van der Waals surface area contributed by atoms with Crippen LogP contribution < -0.4 is 5.32 Å². The Labute approximate surface area is 110 Å². The van der Waals surface area contributed by atoms with Crippen LogP contribution in [0.15, 0.2) is 30.3 Å². The summed E-state index contributed by atoms with van der Waals surface area (Å²) in [5.74, 6) is 0.998. The van der Waals surface area contributed by atoms with Crippen LogP contribution in [0.1, 0.15) is 18.4 Å². The van der Waals surface area contributed by atoms with Gasteiger partial charge in [-0.2, -0.15) is 0 Å². The summed E-state index contributed by atoms with van der Waals surface area (Å²) in [6.07, 6.45) is 2.81. The number of hydrogen-bond donors (Lipinski definition) is 1. The number of sulfone groups is 1. The average molecular weight is 267 g/mol. The molecule has 3 nitrogen and oxygen atoms in total. The van der Waals surface area contributed by atoms with Gasteiger partial charge in [-0.15, -0.1) is 0 Å². The molecular weight excluding hydrogens is 246 g/mol. The summed E-state index contributed by atoms with van der Waals surface area (Å²) in [6.45, 7) is 0. The van der Waals surface area contributed by atoms with E-state index in [1.165, 1.54) is 5.56 Å². The quantitative estimate of drug-likeness (QED) is 0.882. The van der Waals surface area contributed by atoms with Gasteiger partial charge >= 0.3 is 0 Å². The van der Waals surface area contributed by atoms with Crippen molar-refractivity contribution in [3.63, 3.8) is 0 Å². The zero-order valence-corrected chi connectivity index (χ0v) is 11.6. The van der Waals surface area contributed by atoms with Gasteiger partial charge in [0, 0.05) is 6.04 Å². The first-order valence-corrected chi connectivity index (χ1v) is 8.34. The molecule has 1 aromatic carbocycles. The molecule has 1 heterocycles. The van der Waals surface area contributed by atoms with E-state index in [1.54, 1.807) is 0 Å². The van der Waals surface area contributed by atoms with Gasteiger partial charge in [-0.05, 0) is 37.8 Å². The molecule has 0 aliphatic carbocycles. The van der Waals surface area contributed by atoms with E-state index in [1.807, 2.05) is 25.2 Å². The minimum atomic E-state index is -2.77. The van der Waals surface area contributed by atoms with Gasteiger partial charge in [0.05, 0.1) is 11.5 Å². The van der Waals surface area contributed by atoms with Crippen molar-refractivity contribution in [2.45, 2.75) is 25.3 Å². The van der Waals surface area contributed by atoms with E-state index in [9.17, 15) is 8.42 Å². The smallest absolute Gasteiger partial charge is 0.150 e. The Hall–Kier alpha value is -0.870. The summed E-state index contributed by atoms with van der Waals surface area (Å²) in [6, 6.07) is 10.7. The zero-order chi connectivity index (χ0) is 13.0. The van der Waals surface area contributed by atoms with E-state index in [4.69, 9.17) is 0 Å². The van der Waals surface area contributed by atoms with E-state index in [2.05, 4.69) is 17.4 Å². The van der Waals surface area contributed by atoms with E-state index in [-0.39, 0.29) is 5.92 Å². The standard InChI is InChI=1S/C14H21NO2S/c1-15-14(13-9-10-18(16,17)11-13)8-7-12-5-3-2-4-6-12/h2-6,13-15H,7-11H2,1H3. The lowest BCUT2D eigenvalue weighted by Gasteiger charge is -2.21. The maximum Gasteiger partial charge on any atom is 0.150 e. The Morgan fingerprint density at radius 1 is 1.33 bits per heavy atom. The predicted octanol–water partition coefficient (Wildman–Crippen LogP) is 1.64. The molecule has 0 amide bonds. The molecule has 1 fully saturated rings. The molecule has 0 radical (unpaired) electrons. The Morgan fingerprint density at radius 2 is 2.06 bits per heavy atom. The lowest BCUT2D eigenvalue weighted by molar-refractivity contribution is 0.383. The highest BCUT2D eigenvalue weighted by Crippen LogP contribution is 2.24. The molecule has 1 saturated heterocycles. The van der Waals surface area contributed by atoms with Crippen molar-refractivity contribution in [3.05, 3.63) is 35.9 Å². The van der Waals surface area contributed by atoms with E-state index < -0.39 is 9.84 Å². The Kier molecular flexibility index (Phi) is 4.40. The van der Waals surface area contributed by atoms with Crippen LogP contribution in [0.3, 0.4) is 0 Å². The van der Waals surface area contributed by atoms with Crippen molar-refractivity contribution >= 4 is 9.84 Å². The minimum absolute atomic E-state index is 0.281. The number of benzene rings is 1. The third-order valence-corrected chi connectivity index (χ3v) is 5.59. The summed E-state index contributed by atoms with van der Waals surface area (Å²) in [4.78, 5) is 0. The van der Waals surface area contributed by atoms with Gasteiger partial charge in [-0.3, -0.25) is 0 Å². The second-order valence-electron chi connectivity index (χ2n) is 5.08. The van der Waals surface area contributed by atoms with Gasteiger partial charge in [0.1, 0.15) is 0 Å². The van der Waals surface area contributed by atoms with Gasteiger partial charge in [0.15, 0.2) is 9.84 Å². The van der Waals surface area contributed by atoms with Gasteiger partial charge in [-0.25, -0.2) is 8.42 Å². The zero-order valence-electron chi connectivity index (χ0n) is 10.8. The van der Waals surface area contributed by atoms with E-state index in [0.29, 0.717) is 17.5 Å². The summed E-state index contributed by atoms with van der Waals surface area (Å²) in [7, 11) is -0.842. The second kappa shape index (κ2) is 5.85. The van der Waals surface area contributed by atoms with Gasteiger partial charge in [0.25, 0.3) is 0 Å². The summed E-state index contributed by atoms with van der Waals surface area (Å²) < 4.78 is 23.0. The second-order valence-corrected chi connectivity index (χ2v) is 7.31. The normalized spacial score (nSPS) is 23.9. The topological polar surface area (TPSA) is 46.2 Å². The molecule has 2 rings (SSSR count). The molecule has 4 heteroatoms. The Balaban J connectivity index is 1.90. The molecule has 100 valence electrons. The largest absolute Gasteiger partial charge is 0.317 e. The van der Waals surface area contributed by atoms with Crippen LogP contribution in [0.4, 0.5) is 0 Å². The van der Waals surface area contributed by atoms with E-state index >= 15 is 0 Å². The van der Waals surface area contributed by atoms with Gasteiger partial charge in [0.2, 0.25) is 0 Å². The first-order chi connectivity index (χ1) is 8.61. The maximum atomic E-state index is 11.5. The highest BCUT2D eigenvalue weighted by Gasteiger charge is 2.32. The molecule has 1 aliphatic heterocycles. The highest BCUT2D eigenvalue weighted by molar-refractivity contribution is 7.91.